The zero-order valence-corrected chi connectivity index (χ0v) is 15.8. The van der Waals surface area contributed by atoms with E-state index in [-0.39, 0.29) is 35.3 Å². The van der Waals surface area contributed by atoms with Crippen molar-refractivity contribution in [2.45, 2.75) is 77.0 Å². The molecule has 0 fully saturated rings. The fourth-order valence-electron chi connectivity index (χ4n) is 2.16. The average molecular weight is 316 g/mol. The van der Waals surface area contributed by atoms with Crippen LogP contribution in [0.25, 0.3) is 0 Å². The fourth-order valence-corrected chi connectivity index (χ4v) is 2.72. The monoisotopic (exact) mass is 316 g/mol. The molecule has 0 atom stereocenters. The maximum atomic E-state index is 10.4. The minimum atomic E-state index is -4.00. The predicted molar refractivity (Wildman–Crippen MR) is 77.1 cm³/mol. The molecule has 4 nitrogen and oxygen atoms in total. The topological polar surface area (TPSA) is 77.4 Å². The van der Waals surface area contributed by atoms with Gasteiger partial charge in [-0.1, -0.05) is 64.2 Å². The Kier molecular flexibility index (Phi) is 18.8. The van der Waals surface area contributed by atoms with Gasteiger partial charge in [-0.2, -0.15) is 0 Å². The van der Waals surface area contributed by atoms with Gasteiger partial charge in [-0.25, -0.2) is 8.42 Å². The van der Waals surface area contributed by atoms with E-state index in [4.69, 9.17) is 5.11 Å². The Morgan fingerprint density at radius 1 is 0.650 bits per heavy atom. The van der Waals surface area contributed by atoms with Gasteiger partial charge in [0.1, 0.15) is 0 Å². The van der Waals surface area contributed by atoms with E-state index in [1.165, 1.54) is 38.5 Å². The number of rotatable bonds is 14. The van der Waals surface area contributed by atoms with Crippen LogP contribution in [0.1, 0.15) is 77.0 Å². The molecular weight excluding hydrogens is 287 g/mol. The van der Waals surface area contributed by atoms with Crippen LogP contribution in [-0.2, 0) is 10.1 Å². The molecule has 0 saturated carbocycles. The SMILES string of the molecule is O=S(=O)([O-])CCCCCCCCCCCCCCO.[Na+]. The Morgan fingerprint density at radius 3 is 1.25 bits per heavy atom. The molecule has 0 radical (unpaired) electrons. The zero-order chi connectivity index (χ0) is 14.4. The molecule has 0 aliphatic carbocycles. The maximum Gasteiger partial charge on any atom is 1.00 e. The van der Waals surface area contributed by atoms with Crippen LogP contribution in [0.15, 0.2) is 0 Å². The van der Waals surface area contributed by atoms with Crippen molar-refractivity contribution in [3.8, 4) is 0 Å². The average Bonchev–Trinajstić information content (AvgIpc) is 2.34. The van der Waals surface area contributed by atoms with Crippen molar-refractivity contribution in [3.05, 3.63) is 0 Å². The van der Waals surface area contributed by atoms with Gasteiger partial charge in [-0.05, 0) is 12.8 Å². The van der Waals surface area contributed by atoms with Gasteiger partial charge < -0.3 is 9.66 Å². The second-order valence-corrected chi connectivity index (χ2v) is 6.75. The van der Waals surface area contributed by atoms with Crippen molar-refractivity contribution >= 4 is 10.1 Å². The van der Waals surface area contributed by atoms with Gasteiger partial charge in [0.15, 0.2) is 0 Å². The Hall–Kier alpha value is 0.870. The molecule has 0 aliphatic heterocycles. The summed E-state index contributed by atoms with van der Waals surface area (Å²) >= 11 is 0. The molecule has 0 unspecified atom stereocenters. The Labute approximate surface area is 146 Å². The van der Waals surface area contributed by atoms with E-state index in [0.29, 0.717) is 13.0 Å². The van der Waals surface area contributed by atoms with Gasteiger partial charge in [0.05, 0.1) is 10.1 Å². The predicted octanol–water partition coefficient (Wildman–Crippen LogP) is 0.209. The third kappa shape index (κ3) is 21.2. The molecule has 20 heavy (non-hydrogen) atoms. The van der Waals surface area contributed by atoms with Crippen molar-refractivity contribution in [1.82, 2.24) is 0 Å². The molecule has 0 rings (SSSR count). The second-order valence-electron chi connectivity index (χ2n) is 5.23. The van der Waals surface area contributed by atoms with E-state index in [1.807, 2.05) is 0 Å². The summed E-state index contributed by atoms with van der Waals surface area (Å²) in [6.45, 7) is 0.313. The summed E-state index contributed by atoms with van der Waals surface area (Å²) in [6.07, 6.45) is 13.1. The van der Waals surface area contributed by atoms with Crippen LogP contribution in [0.2, 0.25) is 0 Å². The summed E-state index contributed by atoms with van der Waals surface area (Å²) in [5.41, 5.74) is 0. The van der Waals surface area contributed by atoms with Gasteiger partial charge in [0.25, 0.3) is 0 Å². The maximum absolute atomic E-state index is 10.4. The van der Waals surface area contributed by atoms with Crippen molar-refractivity contribution in [1.29, 1.82) is 0 Å². The molecular formula is C14H29NaO4S. The molecule has 116 valence electrons. The quantitative estimate of drug-likeness (QED) is 0.282. The van der Waals surface area contributed by atoms with Gasteiger partial charge in [-0.3, -0.25) is 0 Å². The van der Waals surface area contributed by atoms with Crippen molar-refractivity contribution < 1.29 is 47.6 Å². The van der Waals surface area contributed by atoms with Gasteiger partial charge >= 0.3 is 29.6 Å². The summed E-state index contributed by atoms with van der Waals surface area (Å²) < 4.78 is 31.1. The summed E-state index contributed by atoms with van der Waals surface area (Å²) in [5.74, 6) is -0.208. The number of aliphatic hydroxyl groups is 1. The van der Waals surface area contributed by atoms with Crippen LogP contribution in [0.3, 0.4) is 0 Å². The minimum Gasteiger partial charge on any atom is -0.748 e. The number of hydrogen-bond donors (Lipinski definition) is 1. The first kappa shape index (κ1) is 23.1. The molecule has 0 aliphatic rings. The summed E-state index contributed by atoms with van der Waals surface area (Å²) in [7, 11) is -4.00. The third-order valence-electron chi connectivity index (χ3n) is 3.30. The fraction of sp³-hybridized carbons (Fsp3) is 1.00. The van der Waals surface area contributed by atoms with Crippen molar-refractivity contribution in [2.75, 3.05) is 12.4 Å². The first-order chi connectivity index (χ1) is 9.06. The van der Waals surface area contributed by atoms with Crippen LogP contribution >= 0.6 is 0 Å². The molecule has 0 aromatic carbocycles. The Morgan fingerprint density at radius 2 is 0.950 bits per heavy atom. The molecule has 0 heterocycles. The normalized spacial score (nSPS) is 11.3. The van der Waals surface area contributed by atoms with E-state index in [1.54, 1.807) is 0 Å². The van der Waals surface area contributed by atoms with Crippen LogP contribution < -0.4 is 29.6 Å². The minimum absolute atomic E-state index is 0. The first-order valence-corrected chi connectivity index (χ1v) is 9.18. The van der Waals surface area contributed by atoms with E-state index in [9.17, 15) is 13.0 Å². The van der Waals surface area contributed by atoms with E-state index in [0.717, 1.165) is 32.1 Å². The third-order valence-corrected chi connectivity index (χ3v) is 4.09. The van der Waals surface area contributed by atoms with Crippen LogP contribution in [0.4, 0.5) is 0 Å². The molecule has 6 heteroatoms. The van der Waals surface area contributed by atoms with Crippen molar-refractivity contribution in [2.24, 2.45) is 0 Å². The number of hydrogen-bond acceptors (Lipinski definition) is 4. The second kappa shape index (κ2) is 16.2. The van der Waals surface area contributed by atoms with Gasteiger partial charge in [0.2, 0.25) is 0 Å². The van der Waals surface area contributed by atoms with Crippen molar-refractivity contribution in [3.63, 3.8) is 0 Å². The van der Waals surface area contributed by atoms with Crippen LogP contribution in [0.5, 0.6) is 0 Å². The summed E-state index contributed by atoms with van der Waals surface area (Å²) in [6, 6.07) is 0. The smallest absolute Gasteiger partial charge is 0.748 e. The summed E-state index contributed by atoms with van der Waals surface area (Å²) in [5, 5.41) is 8.62. The molecule has 0 spiro atoms. The summed E-state index contributed by atoms with van der Waals surface area (Å²) in [4.78, 5) is 0. The number of aliphatic hydroxyl groups excluding tert-OH is 1. The largest absolute Gasteiger partial charge is 1.00 e. The van der Waals surface area contributed by atoms with Gasteiger partial charge in [0, 0.05) is 12.4 Å². The van der Waals surface area contributed by atoms with E-state index >= 15 is 0 Å². The zero-order valence-electron chi connectivity index (χ0n) is 13.0. The van der Waals surface area contributed by atoms with Crippen LogP contribution in [-0.4, -0.2) is 30.4 Å². The van der Waals surface area contributed by atoms with Crippen LogP contribution in [0, 0.1) is 0 Å². The molecule has 0 aromatic heterocycles. The van der Waals surface area contributed by atoms with E-state index < -0.39 is 10.1 Å². The Bertz CT molecular complexity index is 281. The molecule has 1 N–H and O–H groups in total. The standard InChI is InChI=1S/C14H30O4S.Na/c15-13-11-9-7-5-3-1-2-4-6-8-10-12-14-19(16,17)18;/h15H,1-14H2,(H,16,17,18);/q;+1/p-1. The Balaban J connectivity index is 0. The molecule has 0 saturated heterocycles. The molecule has 0 aromatic rings. The van der Waals surface area contributed by atoms with E-state index in [2.05, 4.69) is 0 Å². The van der Waals surface area contributed by atoms with Gasteiger partial charge in [-0.15, -0.1) is 0 Å². The number of unbranched alkanes of at least 4 members (excludes halogenated alkanes) is 11. The first-order valence-electron chi connectivity index (χ1n) is 7.60. The molecule has 0 amide bonds. The molecule has 0 bridgehead atoms.